The highest BCUT2D eigenvalue weighted by Crippen LogP contribution is 2.25. The summed E-state index contributed by atoms with van der Waals surface area (Å²) in [6.45, 7) is 0. The van der Waals surface area contributed by atoms with Crippen LogP contribution in [0.3, 0.4) is 0 Å². The van der Waals surface area contributed by atoms with E-state index in [-0.39, 0.29) is 0 Å². The number of aryl methyl sites for hydroxylation is 1. The number of hydrogen-bond donors (Lipinski definition) is 3. The fraction of sp³-hybridized carbons (Fsp3) is 0.333. The quantitative estimate of drug-likeness (QED) is 0.638. The summed E-state index contributed by atoms with van der Waals surface area (Å²) < 4.78 is 4.47. The monoisotopic (exact) mass is 225 g/mol. The zero-order chi connectivity index (χ0) is 10.8. The van der Waals surface area contributed by atoms with Gasteiger partial charge < -0.3 is 9.72 Å². The fourth-order valence-electron chi connectivity index (χ4n) is 1.42. The Balaban J connectivity index is 2.20. The number of nitrogens with zero attached hydrogens (tertiary/aromatic N) is 1. The lowest BCUT2D eigenvalue weighted by Crippen LogP contribution is -2.11. The van der Waals surface area contributed by atoms with Crippen molar-refractivity contribution >= 4 is 30.7 Å². The molecule has 2 rings (SSSR count). The van der Waals surface area contributed by atoms with E-state index >= 15 is 0 Å². The number of carbonyl (C=O) groups is 1. The van der Waals surface area contributed by atoms with Crippen LogP contribution in [-0.4, -0.2) is 23.2 Å². The van der Waals surface area contributed by atoms with Gasteiger partial charge in [-0.15, -0.1) is 12.6 Å². The largest absolute Gasteiger partial charge is 0.453 e. The SMILES string of the molecule is COC(=O)Nc1nc2c([nH]1)CCC(S)=C2. The first-order valence-electron chi connectivity index (χ1n) is 4.52. The number of imidazole rings is 1. The number of thiol groups is 1. The van der Waals surface area contributed by atoms with E-state index in [0.29, 0.717) is 5.95 Å². The second-order valence-corrected chi connectivity index (χ2v) is 3.78. The molecule has 1 aromatic heterocycles. The second-order valence-electron chi connectivity index (χ2n) is 3.20. The third-order valence-electron chi connectivity index (χ3n) is 2.15. The Kier molecular flexibility index (Phi) is 2.68. The lowest BCUT2D eigenvalue weighted by Gasteiger charge is -2.05. The van der Waals surface area contributed by atoms with Crippen molar-refractivity contribution in [3.05, 3.63) is 16.3 Å². The van der Waals surface area contributed by atoms with Gasteiger partial charge in [-0.25, -0.2) is 9.78 Å². The fourth-order valence-corrected chi connectivity index (χ4v) is 1.66. The first-order chi connectivity index (χ1) is 7.19. The van der Waals surface area contributed by atoms with Crippen LogP contribution in [0.4, 0.5) is 10.7 Å². The van der Waals surface area contributed by atoms with Crippen LogP contribution in [0.1, 0.15) is 17.8 Å². The number of aromatic amines is 1. The number of rotatable bonds is 1. The Bertz CT molecular complexity index is 425. The first-order valence-corrected chi connectivity index (χ1v) is 4.97. The van der Waals surface area contributed by atoms with E-state index in [2.05, 4.69) is 32.7 Å². The predicted molar refractivity (Wildman–Crippen MR) is 59.9 cm³/mol. The average Bonchev–Trinajstić information content (AvgIpc) is 2.59. The third-order valence-corrected chi connectivity index (χ3v) is 2.50. The maximum atomic E-state index is 10.9. The van der Waals surface area contributed by atoms with Crippen molar-refractivity contribution in [2.24, 2.45) is 0 Å². The highest BCUT2D eigenvalue weighted by Gasteiger charge is 2.14. The minimum atomic E-state index is -0.531. The molecule has 0 aliphatic heterocycles. The van der Waals surface area contributed by atoms with Crippen molar-refractivity contribution in [1.29, 1.82) is 0 Å². The normalized spacial score (nSPS) is 14.1. The summed E-state index contributed by atoms with van der Waals surface area (Å²) in [4.78, 5) is 19.1. The Labute approximate surface area is 92.3 Å². The number of allylic oxidation sites excluding steroid dienone is 1. The van der Waals surface area contributed by atoms with Crippen LogP contribution in [0, 0.1) is 0 Å². The van der Waals surface area contributed by atoms with Crippen LogP contribution in [0.25, 0.3) is 6.08 Å². The van der Waals surface area contributed by atoms with Crippen molar-refractivity contribution < 1.29 is 9.53 Å². The minimum absolute atomic E-state index is 0.408. The van der Waals surface area contributed by atoms with Crippen LogP contribution in [0.15, 0.2) is 4.91 Å². The van der Waals surface area contributed by atoms with Gasteiger partial charge in [-0.1, -0.05) is 0 Å². The van der Waals surface area contributed by atoms with Gasteiger partial charge >= 0.3 is 6.09 Å². The third kappa shape index (κ3) is 2.15. The summed E-state index contributed by atoms with van der Waals surface area (Å²) >= 11 is 4.28. The van der Waals surface area contributed by atoms with Crippen molar-refractivity contribution in [3.8, 4) is 0 Å². The maximum Gasteiger partial charge on any atom is 0.413 e. The van der Waals surface area contributed by atoms with Gasteiger partial charge in [-0.05, 0) is 23.8 Å². The summed E-state index contributed by atoms with van der Waals surface area (Å²) in [7, 11) is 1.31. The molecule has 0 bridgehead atoms. The summed E-state index contributed by atoms with van der Waals surface area (Å²) in [5.41, 5.74) is 1.84. The van der Waals surface area contributed by atoms with E-state index < -0.39 is 6.09 Å². The van der Waals surface area contributed by atoms with E-state index in [1.54, 1.807) is 0 Å². The molecule has 1 aliphatic rings. The topological polar surface area (TPSA) is 67.0 Å². The number of amides is 1. The molecule has 6 heteroatoms. The summed E-state index contributed by atoms with van der Waals surface area (Å²) in [6.07, 6.45) is 3.12. The Morgan fingerprint density at radius 2 is 2.47 bits per heavy atom. The first kappa shape index (κ1) is 10.1. The van der Waals surface area contributed by atoms with Crippen LogP contribution < -0.4 is 5.32 Å². The predicted octanol–water partition coefficient (Wildman–Crippen LogP) is 1.80. The van der Waals surface area contributed by atoms with Gasteiger partial charge in [0.15, 0.2) is 0 Å². The molecule has 0 atom stereocenters. The van der Waals surface area contributed by atoms with Gasteiger partial charge in [0.05, 0.1) is 12.8 Å². The number of nitrogens with one attached hydrogen (secondary N) is 2. The zero-order valence-electron chi connectivity index (χ0n) is 8.20. The molecule has 0 spiro atoms. The molecule has 15 heavy (non-hydrogen) atoms. The molecule has 5 nitrogen and oxygen atoms in total. The molecule has 0 saturated heterocycles. The Morgan fingerprint density at radius 1 is 1.67 bits per heavy atom. The molecule has 0 radical (unpaired) electrons. The van der Waals surface area contributed by atoms with Crippen molar-refractivity contribution in [3.63, 3.8) is 0 Å². The van der Waals surface area contributed by atoms with Gasteiger partial charge in [-0.3, -0.25) is 5.32 Å². The van der Waals surface area contributed by atoms with Gasteiger partial charge in [-0.2, -0.15) is 0 Å². The van der Waals surface area contributed by atoms with E-state index in [1.165, 1.54) is 7.11 Å². The summed E-state index contributed by atoms with van der Waals surface area (Å²) in [6, 6.07) is 0. The van der Waals surface area contributed by atoms with Crippen LogP contribution >= 0.6 is 12.6 Å². The molecule has 0 unspecified atom stereocenters. The van der Waals surface area contributed by atoms with E-state index in [1.807, 2.05) is 6.08 Å². The van der Waals surface area contributed by atoms with Crippen molar-refractivity contribution in [1.82, 2.24) is 9.97 Å². The Hall–Kier alpha value is -1.43. The van der Waals surface area contributed by atoms with E-state index in [0.717, 1.165) is 29.1 Å². The number of ether oxygens (including phenoxy) is 1. The molecular weight excluding hydrogens is 214 g/mol. The standard InChI is InChI=1S/C9H11N3O2S/c1-14-9(13)12-8-10-6-3-2-5(15)4-7(6)11-8/h4,15H,2-3H2,1H3,(H2,10,11,12,13). The molecule has 0 saturated carbocycles. The number of hydrogen-bond acceptors (Lipinski definition) is 4. The summed E-state index contributed by atoms with van der Waals surface area (Å²) in [5, 5.41) is 2.48. The molecule has 2 N–H and O–H groups in total. The van der Waals surface area contributed by atoms with Crippen molar-refractivity contribution in [2.45, 2.75) is 12.8 Å². The molecule has 0 fully saturated rings. The van der Waals surface area contributed by atoms with Gasteiger partial charge in [0.2, 0.25) is 5.95 Å². The molecule has 1 amide bonds. The minimum Gasteiger partial charge on any atom is -0.453 e. The number of carbonyl (C=O) groups excluding carboxylic acids is 1. The van der Waals surface area contributed by atoms with E-state index in [9.17, 15) is 4.79 Å². The Morgan fingerprint density at radius 3 is 3.20 bits per heavy atom. The molecule has 1 aromatic rings. The number of methoxy groups -OCH3 is 1. The number of aromatic nitrogens is 2. The van der Waals surface area contributed by atoms with Gasteiger partial charge in [0.25, 0.3) is 0 Å². The molecule has 1 heterocycles. The lowest BCUT2D eigenvalue weighted by atomic mass is 10.1. The van der Waals surface area contributed by atoms with Gasteiger partial charge in [0, 0.05) is 5.69 Å². The molecule has 0 aromatic carbocycles. The molecular formula is C9H11N3O2S. The number of anilines is 1. The lowest BCUT2D eigenvalue weighted by molar-refractivity contribution is 0.186. The van der Waals surface area contributed by atoms with Crippen molar-refractivity contribution in [2.75, 3.05) is 12.4 Å². The number of H-pyrrole nitrogens is 1. The van der Waals surface area contributed by atoms with Crippen LogP contribution in [0.5, 0.6) is 0 Å². The second kappa shape index (κ2) is 3.98. The van der Waals surface area contributed by atoms with Crippen LogP contribution in [0.2, 0.25) is 0 Å². The highest BCUT2D eigenvalue weighted by molar-refractivity contribution is 7.84. The van der Waals surface area contributed by atoms with Gasteiger partial charge in [0.1, 0.15) is 0 Å². The van der Waals surface area contributed by atoms with E-state index in [4.69, 9.17) is 0 Å². The van der Waals surface area contributed by atoms with Crippen LogP contribution in [-0.2, 0) is 11.2 Å². The highest BCUT2D eigenvalue weighted by atomic mass is 32.1. The molecule has 1 aliphatic carbocycles. The summed E-state index contributed by atoms with van der Waals surface area (Å²) in [5.74, 6) is 0.408. The average molecular weight is 225 g/mol. The smallest absolute Gasteiger partial charge is 0.413 e. The molecule has 80 valence electrons. The number of fused-ring (bicyclic) bond motifs is 1. The maximum absolute atomic E-state index is 10.9. The zero-order valence-corrected chi connectivity index (χ0v) is 9.10.